The maximum absolute atomic E-state index is 13.7. The van der Waals surface area contributed by atoms with Crippen molar-refractivity contribution in [2.45, 2.75) is 37.8 Å². The van der Waals surface area contributed by atoms with Crippen molar-refractivity contribution in [2.75, 3.05) is 13.7 Å². The topological polar surface area (TPSA) is 81.4 Å². The molecule has 114 valence electrons. The number of nitrogens with one attached hydrogen (secondary N) is 1. The lowest BCUT2D eigenvalue weighted by molar-refractivity contribution is 0.141. The van der Waals surface area contributed by atoms with E-state index in [2.05, 4.69) is 4.72 Å². The highest BCUT2D eigenvalue weighted by Gasteiger charge is 2.27. The molecule has 0 amide bonds. The zero-order valence-corrected chi connectivity index (χ0v) is 13.0. The molecular weight excluding hydrogens is 283 g/mol. The van der Waals surface area contributed by atoms with Crippen LogP contribution in [0.4, 0.5) is 4.39 Å². The van der Waals surface area contributed by atoms with Gasteiger partial charge in [-0.3, -0.25) is 0 Å². The number of benzene rings is 1. The third kappa shape index (κ3) is 3.99. The fourth-order valence-corrected chi connectivity index (χ4v) is 3.46. The van der Waals surface area contributed by atoms with Gasteiger partial charge in [0, 0.05) is 19.2 Å². The minimum absolute atomic E-state index is 0.000952. The summed E-state index contributed by atoms with van der Waals surface area (Å²) in [4.78, 5) is 0.000952. The van der Waals surface area contributed by atoms with E-state index in [-0.39, 0.29) is 29.2 Å². The predicted octanol–water partition coefficient (Wildman–Crippen LogP) is 1.30. The SMILES string of the molecule is COCC(C)(C)NS(=O)(=O)c1cc(C)c(F)c(CN)c1. The summed E-state index contributed by atoms with van der Waals surface area (Å²) in [5, 5.41) is 0. The van der Waals surface area contributed by atoms with E-state index in [1.807, 2.05) is 0 Å². The summed E-state index contributed by atoms with van der Waals surface area (Å²) in [5.41, 5.74) is 5.09. The van der Waals surface area contributed by atoms with Crippen LogP contribution in [-0.4, -0.2) is 27.7 Å². The van der Waals surface area contributed by atoms with Gasteiger partial charge in [-0.2, -0.15) is 0 Å². The summed E-state index contributed by atoms with van der Waals surface area (Å²) < 4.78 is 45.9. The maximum atomic E-state index is 13.7. The Balaban J connectivity index is 3.20. The van der Waals surface area contributed by atoms with Crippen molar-refractivity contribution in [2.24, 2.45) is 5.73 Å². The van der Waals surface area contributed by atoms with Crippen molar-refractivity contribution in [1.82, 2.24) is 4.72 Å². The molecule has 0 spiro atoms. The van der Waals surface area contributed by atoms with Crippen LogP contribution in [0.5, 0.6) is 0 Å². The van der Waals surface area contributed by atoms with E-state index in [9.17, 15) is 12.8 Å². The number of sulfonamides is 1. The Morgan fingerprint density at radius 3 is 2.50 bits per heavy atom. The minimum Gasteiger partial charge on any atom is -0.383 e. The quantitative estimate of drug-likeness (QED) is 0.830. The Kier molecular flexibility index (Phi) is 5.26. The molecule has 0 atom stereocenters. The van der Waals surface area contributed by atoms with Crippen LogP contribution in [0.15, 0.2) is 17.0 Å². The van der Waals surface area contributed by atoms with Crippen LogP contribution in [0.1, 0.15) is 25.0 Å². The largest absolute Gasteiger partial charge is 0.383 e. The third-order valence-electron chi connectivity index (χ3n) is 2.75. The van der Waals surface area contributed by atoms with Crippen molar-refractivity contribution in [1.29, 1.82) is 0 Å². The Morgan fingerprint density at radius 1 is 1.40 bits per heavy atom. The Labute approximate surface area is 119 Å². The van der Waals surface area contributed by atoms with Crippen molar-refractivity contribution in [3.63, 3.8) is 0 Å². The van der Waals surface area contributed by atoms with E-state index >= 15 is 0 Å². The lowest BCUT2D eigenvalue weighted by Gasteiger charge is -2.25. The number of aryl methyl sites for hydroxylation is 1. The van der Waals surface area contributed by atoms with Gasteiger partial charge in [-0.25, -0.2) is 17.5 Å². The Bertz CT molecular complexity index is 586. The van der Waals surface area contributed by atoms with E-state index in [4.69, 9.17) is 10.5 Å². The first-order valence-electron chi connectivity index (χ1n) is 6.15. The lowest BCUT2D eigenvalue weighted by atomic mass is 10.1. The van der Waals surface area contributed by atoms with Gasteiger partial charge in [0.2, 0.25) is 10.0 Å². The van der Waals surface area contributed by atoms with Gasteiger partial charge >= 0.3 is 0 Å². The zero-order chi connectivity index (χ0) is 15.6. The van der Waals surface area contributed by atoms with Gasteiger partial charge in [0.15, 0.2) is 0 Å². The highest BCUT2D eigenvalue weighted by atomic mass is 32.2. The highest BCUT2D eigenvalue weighted by molar-refractivity contribution is 7.89. The fourth-order valence-electron chi connectivity index (χ4n) is 1.92. The van der Waals surface area contributed by atoms with Crippen LogP contribution >= 0.6 is 0 Å². The normalized spacial score (nSPS) is 12.7. The van der Waals surface area contributed by atoms with Crippen LogP contribution < -0.4 is 10.5 Å². The van der Waals surface area contributed by atoms with Crippen LogP contribution in [0, 0.1) is 12.7 Å². The zero-order valence-electron chi connectivity index (χ0n) is 12.2. The first kappa shape index (κ1) is 17.0. The second kappa shape index (κ2) is 6.17. The molecule has 3 N–H and O–H groups in total. The van der Waals surface area contributed by atoms with Gasteiger partial charge in [-0.1, -0.05) is 0 Å². The molecule has 0 aromatic heterocycles. The smallest absolute Gasteiger partial charge is 0.241 e. The summed E-state index contributed by atoms with van der Waals surface area (Å²) >= 11 is 0. The molecule has 1 aromatic carbocycles. The molecule has 0 bridgehead atoms. The second-order valence-electron chi connectivity index (χ2n) is 5.34. The number of hydrogen-bond donors (Lipinski definition) is 2. The summed E-state index contributed by atoms with van der Waals surface area (Å²) in [5.74, 6) is -0.470. The van der Waals surface area contributed by atoms with Gasteiger partial charge in [0.05, 0.1) is 17.0 Å². The van der Waals surface area contributed by atoms with Gasteiger partial charge in [0.25, 0.3) is 0 Å². The van der Waals surface area contributed by atoms with Gasteiger partial charge in [0.1, 0.15) is 5.82 Å². The number of halogens is 1. The molecular formula is C13H21FN2O3S. The van der Waals surface area contributed by atoms with Crippen LogP contribution in [-0.2, 0) is 21.3 Å². The van der Waals surface area contributed by atoms with Gasteiger partial charge < -0.3 is 10.5 Å². The van der Waals surface area contributed by atoms with E-state index in [0.717, 1.165) is 0 Å². The lowest BCUT2D eigenvalue weighted by Crippen LogP contribution is -2.46. The molecule has 0 saturated heterocycles. The van der Waals surface area contributed by atoms with Crippen LogP contribution in [0.25, 0.3) is 0 Å². The average Bonchev–Trinajstić information content (AvgIpc) is 2.30. The molecule has 5 nitrogen and oxygen atoms in total. The van der Waals surface area contributed by atoms with Crippen molar-refractivity contribution >= 4 is 10.0 Å². The van der Waals surface area contributed by atoms with Crippen molar-refractivity contribution in [3.8, 4) is 0 Å². The number of nitrogens with two attached hydrogens (primary N) is 1. The molecule has 0 saturated carbocycles. The fraction of sp³-hybridized carbons (Fsp3) is 0.538. The molecule has 0 unspecified atom stereocenters. The van der Waals surface area contributed by atoms with Gasteiger partial charge in [-0.15, -0.1) is 0 Å². The second-order valence-corrected chi connectivity index (χ2v) is 7.02. The predicted molar refractivity (Wildman–Crippen MR) is 75.3 cm³/mol. The van der Waals surface area contributed by atoms with Crippen molar-refractivity contribution in [3.05, 3.63) is 29.1 Å². The molecule has 0 aliphatic carbocycles. The number of rotatable bonds is 6. The number of methoxy groups -OCH3 is 1. The van der Waals surface area contributed by atoms with E-state index in [0.29, 0.717) is 0 Å². The molecule has 20 heavy (non-hydrogen) atoms. The monoisotopic (exact) mass is 304 g/mol. The first-order valence-corrected chi connectivity index (χ1v) is 7.63. The van der Waals surface area contributed by atoms with E-state index in [1.165, 1.54) is 26.2 Å². The molecule has 1 aromatic rings. The van der Waals surface area contributed by atoms with Crippen LogP contribution in [0.3, 0.4) is 0 Å². The summed E-state index contributed by atoms with van der Waals surface area (Å²) in [6.07, 6.45) is 0. The Morgan fingerprint density at radius 2 is 2.00 bits per heavy atom. The van der Waals surface area contributed by atoms with E-state index in [1.54, 1.807) is 13.8 Å². The summed E-state index contributed by atoms with van der Waals surface area (Å²) in [6, 6.07) is 2.55. The molecule has 1 rings (SSSR count). The highest BCUT2D eigenvalue weighted by Crippen LogP contribution is 2.20. The molecule has 0 heterocycles. The standard InChI is InChI=1S/C13H21FN2O3S/c1-9-5-11(6-10(7-15)12(9)14)20(17,18)16-13(2,3)8-19-4/h5-6,16H,7-8,15H2,1-4H3. The Hall–Kier alpha value is -1.02. The maximum Gasteiger partial charge on any atom is 0.241 e. The van der Waals surface area contributed by atoms with Crippen molar-refractivity contribution < 1.29 is 17.5 Å². The van der Waals surface area contributed by atoms with Crippen LogP contribution in [0.2, 0.25) is 0 Å². The van der Waals surface area contributed by atoms with Gasteiger partial charge in [-0.05, 0) is 38.5 Å². The first-order chi connectivity index (χ1) is 9.13. The van der Waals surface area contributed by atoms with E-state index < -0.39 is 21.4 Å². The summed E-state index contributed by atoms with van der Waals surface area (Å²) in [6.45, 7) is 5.07. The molecule has 0 fully saturated rings. The minimum atomic E-state index is -3.76. The molecule has 0 aliphatic rings. The number of ether oxygens (including phenoxy) is 1. The molecule has 7 heteroatoms. The molecule has 0 radical (unpaired) electrons. The number of hydrogen-bond acceptors (Lipinski definition) is 4. The molecule has 0 aliphatic heterocycles. The third-order valence-corrected chi connectivity index (χ3v) is 4.43. The average molecular weight is 304 g/mol. The summed E-state index contributed by atoms with van der Waals surface area (Å²) in [7, 11) is -2.27.